The predicted octanol–water partition coefficient (Wildman–Crippen LogP) is 2.31. The summed E-state index contributed by atoms with van der Waals surface area (Å²) >= 11 is 2.44. The van der Waals surface area contributed by atoms with Crippen LogP contribution in [-0.4, -0.2) is 11.0 Å². The lowest BCUT2D eigenvalue weighted by Gasteiger charge is -2.25. The van der Waals surface area contributed by atoms with Crippen LogP contribution in [-0.2, 0) is 6.42 Å². The van der Waals surface area contributed by atoms with Gasteiger partial charge in [-0.05, 0) is 24.1 Å². The third-order valence-electron chi connectivity index (χ3n) is 2.37. The van der Waals surface area contributed by atoms with Crippen LogP contribution in [0.5, 0.6) is 0 Å². The average molecular weight is 273 g/mol. The van der Waals surface area contributed by atoms with Crippen LogP contribution in [0, 0.1) is 0 Å². The first kappa shape index (κ1) is 8.51. The van der Waals surface area contributed by atoms with E-state index in [1.807, 2.05) is 0 Å². The molecule has 0 amide bonds. The van der Waals surface area contributed by atoms with E-state index in [9.17, 15) is 0 Å². The van der Waals surface area contributed by atoms with Crippen molar-refractivity contribution in [1.82, 2.24) is 5.32 Å². The Hall–Kier alpha value is -0.0900. The molecule has 0 aromatic heterocycles. The maximum atomic E-state index is 3.52. The Labute approximate surface area is 86.7 Å². The molecule has 0 bridgehead atoms. The molecule has 12 heavy (non-hydrogen) atoms. The van der Waals surface area contributed by atoms with Crippen LogP contribution in [0.4, 0.5) is 0 Å². The third kappa shape index (κ3) is 1.50. The normalized spacial score (nSPS) is 21.9. The van der Waals surface area contributed by atoms with Crippen molar-refractivity contribution in [3.63, 3.8) is 0 Å². The van der Waals surface area contributed by atoms with E-state index in [2.05, 4.69) is 52.2 Å². The van der Waals surface area contributed by atoms with Gasteiger partial charge in [-0.3, -0.25) is 0 Å². The van der Waals surface area contributed by atoms with Crippen molar-refractivity contribution in [2.24, 2.45) is 0 Å². The lowest BCUT2D eigenvalue weighted by Crippen LogP contribution is -2.30. The Balaban J connectivity index is 2.37. The fraction of sp³-hybridized carbons (Fsp3) is 0.400. The molecule has 0 spiro atoms. The number of alkyl halides is 1. The van der Waals surface area contributed by atoms with Crippen LogP contribution in [0.2, 0.25) is 0 Å². The van der Waals surface area contributed by atoms with Crippen molar-refractivity contribution in [3.05, 3.63) is 35.4 Å². The van der Waals surface area contributed by atoms with Gasteiger partial charge in [0.2, 0.25) is 0 Å². The first-order chi connectivity index (χ1) is 5.92. The van der Waals surface area contributed by atoms with E-state index in [1.165, 1.54) is 17.5 Å². The van der Waals surface area contributed by atoms with Gasteiger partial charge in [0.05, 0.1) is 0 Å². The topological polar surface area (TPSA) is 12.0 Å². The molecule has 0 saturated heterocycles. The lowest BCUT2D eigenvalue weighted by atomic mass is 9.96. The van der Waals surface area contributed by atoms with Crippen LogP contribution in [0.15, 0.2) is 24.3 Å². The molecular weight excluding hydrogens is 261 g/mol. The van der Waals surface area contributed by atoms with Crippen LogP contribution in [0.25, 0.3) is 0 Å². The van der Waals surface area contributed by atoms with Gasteiger partial charge in [0.1, 0.15) is 0 Å². The number of hydrogen-bond donors (Lipinski definition) is 1. The summed E-state index contributed by atoms with van der Waals surface area (Å²) in [5, 5.41) is 3.52. The molecule has 0 radical (unpaired) electrons. The standard InChI is InChI=1S/C10H12IN/c11-7-10-9-4-2-1-3-8(9)5-6-12-10/h1-4,10,12H,5-7H2/t10-/m0/s1. The Morgan fingerprint density at radius 2 is 2.25 bits per heavy atom. The summed E-state index contributed by atoms with van der Waals surface area (Å²) in [5.41, 5.74) is 3.02. The second kappa shape index (κ2) is 3.75. The van der Waals surface area contributed by atoms with Crippen LogP contribution >= 0.6 is 22.6 Å². The highest BCUT2D eigenvalue weighted by Crippen LogP contribution is 2.23. The summed E-state index contributed by atoms with van der Waals surface area (Å²) in [5.74, 6) is 0. The third-order valence-corrected chi connectivity index (χ3v) is 3.25. The Morgan fingerprint density at radius 1 is 1.42 bits per heavy atom. The van der Waals surface area contributed by atoms with Crippen LogP contribution in [0.3, 0.4) is 0 Å². The molecule has 1 aromatic rings. The SMILES string of the molecule is IC[C@@H]1NCCc2ccccc21. The van der Waals surface area contributed by atoms with E-state index >= 15 is 0 Å². The number of hydrogen-bond acceptors (Lipinski definition) is 1. The molecule has 0 saturated carbocycles. The van der Waals surface area contributed by atoms with Gasteiger partial charge in [0.15, 0.2) is 0 Å². The summed E-state index contributed by atoms with van der Waals surface area (Å²) in [4.78, 5) is 0. The second-order valence-corrected chi connectivity index (χ2v) is 3.99. The lowest BCUT2D eigenvalue weighted by molar-refractivity contribution is 0.552. The first-order valence-corrected chi connectivity index (χ1v) is 5.81. The minimum absolute atomic E-state index is 0.579. The zero-order valence-electron chi connectivity index (χ0n) is 6.89. The van der Waals surface area contributed by atoms with Gasteiger partial charge < -0.3 is 5.32 Å². The summed E-state index contributed by atoms with van der Waals surface area (Å²) < 4.78 is 1.16. The monoisotopic (exact) mass is 273 g/mol. The van der Waals surface area contributed by atoms with E-state index in [-0.39, 0.29) is 0 Å². The van der Waals surface area contributed by atoms with E-state index in [4.69, 9.17) is 0 Å². The van der Waals surface area contributed by atoms with E-state index in [0.29, 0.717) is 6.04 Å². The molecule has 1 N–H and O–H groups in total. The first-order valence-electron chi connectivity index (χ1n) is 4.29. The number of halogens is 1. The summed E-state index contributed by atoms with van der Waals surface area (Å²) in [7, 11) is 0. The number of benzene rings is 1. The van der Waals surface area contributed by atoms with Gasteiger partial charge in [0, 0.05) is 10.5 Å². The Kier molecular flexibility index (Phi) is 2.66. The van der Waals surface area contributed by atoms with Crippen molar-refractivity contribution < 1.29 is 0 Å². The van der Waals surface area contributed by atoms with Gasteiger partial charge in [-0.2, -0.15) is 0 Å². The molecule has 0 aliphatic carbocycles. The average Bonchev–Trinajstić information content (AvgIpc) is 2.17. The van der Waals surface area contributed by atoms with Crippen molar-refractivity contribution in [1.29, 1.82) is 0 Å². The summed E-state index contributed by atoms with van der Waals surface area (Å²) in [6.45, 7) is 1.13. The van der Waals surface area contributed by atoms with Crippen LogP contribution in [0.1, 0.15) is 17.2 Å². The molecule has 64 valence electrons. The fourth-order valence-corrected chi connectivity index (χ4v) is 2.52. The maximum Gasteiger partial charge on any atom is 0.0413 e. The van der Waals surface area contributed by atoms with E-state index < -0.39 is 0 Å². The van der Waals surface area contributed by atoms with E-state index in [0.717, 1.165) is 11.0 Å². The van der Waals surface area contributed by atoms with Gasteiger partial charge >= 0.3 is 0 Å². The molecule has 1 atom stereocenters. The molecule has 2 heteroatoms. The minimum atomic E-state index is 0.579. The Bertz CT molecular complexity index is 272. The van der Waals surface area contributed by atoms with E-state index in [1.54, 1.807) is 0 Å². The van der Waals surface area contributed by atoms with Gasteiger partial charge in [-0.15, -0.1) is 0 Å². The zero-order chi connectivity index (χ0) is 8.39. The minimum Gasteiger partial charge on any atom is -0.309 e. The van der Waals surface area contributed by atoms with Crippen molar-refractivity contribution in [2.45, 2.75) is 12.5 Å². The highest BCUT2D eigenvalue weighted by atomic mass is 127. The number of rotatable bonds is 1. The molecular formula is C10H12IN. The smallest absolute Gasteiger partial charge is 0.0413 e. The second-order valence-electron chi connectivity index (χ2n) is 3.11. The maximum absolute atomic E-state index is 3.52. The molecule has 1 aromatic carbocycles. The van der Waals surface area contributed by atoms with Crippen molar-refractivity contribution in [3.8, 4) is 0 Å². The summed E-state index contributed by atoms with van der Waals surface area (Å²) in [6, 6.07) is 9.33. The quantitative estimate of drug-likeness (QED) is 0.611. The Morgan fingerprint density at radius 3 is 3.08 bits per heavy atom. The number of nitrogens with one attached hydrogen (secondary N) is 1. The fourth-order valence-electron chi connectivity index (χ4n) is 1.73. The van der Waals surface area contributed by atoms with Crippen molar-refractivity contribution >= 4 is 22.6 Å². The molecule has 0 fully saturated rings. The predicted molar refractivity (Wildman–Crippen MR) is 59.8 cm³/mol. The molecule has 2 rings (SSSR count). The largest absolute Gasteiger partial charge is 0.309 e. The molecule has 1 heterocycles. The highest BCUT2D eigenvalue weighted by Gasteiger charge is 2.16. The van der Waals surface area contributed by atoms with Gasteiger partial charge in [-0.25, -0.2) is 0 Å². The molecule has 1 aliphatic rings. The molecule has 0 unspecified atom stereocenters. The molecule has 1 aliphatic heterocycles. The highest BCUT2D eigenvalue weighted by molar-refractivity contribution is 14.1. The number of fused-ring (bicyclic) bond motifs is 1. The molecule has 1 nitrogen and oxygen atoms in total. The van der Waals surface area contributed by atoms with Gasteiger partial charge in [-0.1, -0.05) is 46.9 Å². The zero-order valence-corrected chi connectivity index (χ0v) is 9.04. The summed E-state index contributed by atoms with van der Waals surface area (Å²) in [6.07, 6.45) is 1.18. The van der Waals surface area contributed by atoms with Crippen molar-refractivity contribution in [2.75, 3.05) is 11.0 Å². The van der Waals surface area contributed by atoms with Crippen LogP contribution < -0.4 is 5.32 Å². The van der Waals surface area contributed by atoms with Gasteiger partial charge in [0.25, 0.3) is 0 Å².